The topological polar surface area (TPSA) is 67.4 Å². The van der Waals surface area contributed by atoms with Gasteiger partial charge in [0.1, 0.15) is 0 Å². The molecule has 13 heavy (non-hydrogen) atoms. The van der Waals surface area contributed by atoms with E-state index in [1.54, 1.807) is 0 Å². The van der Waals surface area contributed by atoms with Crippen molar-refractivity contribution in [3.63, 3.8) is 0 Å². The fourth-order valence-electron chi connectivity index (χ4n) is 0.754. The number of likely N-dealkylation sites (N-methyl/N-ethyl adjacent to an activating group) is 1. The lowest BCUT2D eigenvalue weighted by atomic mass is 10.4. The van der Waals surface area contributed by atoms with Crippen molar-refractivity contribution in [2.24, 2.45) is 0 Å². The molecule has 0 atom stereocenters. The van der Waals surface area contributed by atoms with Gasteiger partial charge < -0.3 is 15.4 Å². The van der Waals surface area contributed by atoms with Crippen molar-refractivity contribution >= 4 is 11.9 Å². The summed E-state index contributed by atoms with van der Waals surface area (Å²) in [7, 11) is 1.34. The van der Waals surface area contributed by atoms with Gasteiger partial charge in [-0.1, -0.05) is 0 Å². The molecule has 0 aliphatic carbocycles. The van der Waals surface area contributed by atoms with Crippen LogP contribution in [0.4, 0.5) is 0 Å². The second kappa shape index (κ2) is 7.54. The predicted octanol–water partition coefficient (Wildman–Crippen LogP) is -0.725. The third kappa shape index (κ3) is 7.27. The van der Waals surface area contributed by atoms with E-state index in [1.807, 2.05) is 6.92 Å². The molecule has 0 heterocycles. The molecule has 1 amide bonds. The second-order valence-corrected chi connectivity index (χ2v) is 2.46. The highest BCUT2D eigenvalue weighted by molar-refractivity contribution is 5.78. The normalized spacial score (nSPS) is 9.38. The highest BCUT2D eigenvalue weighted by Gasteiger charge is 2.00. The van der Waals surface area contributed by atoms with Crippen LogP contribution in [0, 0.1) is 0 Å². The molecule has 0 aliphatic heterocycles. The third-order valence-electron chi connectivity index (χ3n) is 1.39. The Hall–Kier alpha value is -1.10. The fourth-order valence-corrected chi connectivity index (χ4v) is 0.754. The molecule has 5 nitrogen and oxygen atoms in total. The molecule has 0 bridgehead atoms. The Balaban J connectivity index is 3.25. The zero-order chi connectivity index (χ0) is 10.1. The summed E-state index contributed by atoms with van der Waals surface area (Å²) in [4.78, 5) is 21.5. The molecule has 0 aliphatic rings. The van der Waals surface area contributed by atoms with Gasteiger partial charge in [-0.25, -0.2) is 0 Å². The summed E-state index contributed by atoms with van der Waals surface area (Å²) >= 11 is 0. The maximum absolute atomic E-state index is 10.9. The summed E-state index contributed by atoms with van der Waals surface area (Å²) in [6.07, 6.45) is 0.288. The summed E-state index contributed by atoms with van der Waals surface area (Å²) in [6.45, 7) is 3.18. The van der Waals surface area contributed by atoms with Gasteiger partial charge in [0.05, 0.1) is 20.1 Å². The predicted molar refractivity (Wildman–Crippen MR) is 48.2 cm³/mol. The van der Waals surface area contributed by atoms with E-state index in [4.69, 9.17) is 0 Å². The van der Waals surface area contributed by atoms with Crippen molar-refractivity contribution in [3.05, 3.63) is 0 Å². The Morgan fingerprint density at radius 2 is 2.08 bits per heavy atom. The molecule has 2 N–H and O–H groups in total. The van der Waals surface area contributed by atoms with Crippen LogP contribution in [-0.4, -0.2) is 38.6 Å². The maximum Gasteiger partial charge on any atom is 0.306 e. The van der Waals surface area contributed by atoms with E-state index >= 15 is 0 Å². The van der Waals surface area contributed by atoms with Crippen molar-refractivity contribution in [3.8, 4) is 0 Å². The molecule has 0 rings (SSSR count). The Labute approximate surface area is 77.8 Å². The van der Waals surface area contributed by atoms with Crippen LogP contribution < -0.4 is 10.6 Å². The summed E-state index contributed by atoms with van der Waals surface area (Å²) in [5.74, 6) is -0.337. The molecule has 0 spiro atoms. The molecular weight excluding hydrogens is 172 g/mol. The summed E-state index contributed by atoms with van der Waals surface area (Å²) in [5.41, 5.74) is 0. The van der Waals surface area contributed by atoms with E-state index in [2.05, 4.69) is 15.4 Å². The molecule has 0 unspecified atom stereocenters. The van der Waals surface area contributed by atoms with Crippen molar-refractivity contribution in [2.75, 3.05) is 26.7 Å². The smallest absolute Gasteiger partial charge is 0.306 e. The van der Waals surface area contributed by atoms with Crippen LogP contribution in [0.15, 0.2) is 0 Å². The highest BCUT2D eigenvalue weighted by atomic mass is 16.5. The first-order valence-corrected chi connectivity index (χ1v) is 4.25. The van der Waals surface area contributed by atoms with Gasteiger partial charge in [0, 0.05) is 13.1 Å². The first kappa shape index (κ1) is 11.9. The fraction of sp³-hybridized carbons (Fsp3) is 0.750. The lowest BCUT2D eigenvalue weighted by Gasteiger charge is -2.03. The van der Waals surface area contributed by atoms with Crippen molar-refractivity contribution in [1.82, 2.24) is 10.6 Å². The lowest BCUT2D eigenvalue weighted by Crippen LogP contribution is -2.34. The number of hydrogen-bond acceptors (Lipinski definition) is 4. The average Bonchev–Trinajstić information content (AvgIpc) is 2.12. The zero-order valence-electron chi connectivity index (χ0n) is 8.05. The van der Waals surface area contributed by atoms with Crippen molar-refractivity contribution in [2.45, 2.75) is 13.3 Å². The first-order valence-electron chi connectivity index (χ1n) is 4.25. The molecule has 0 aromatic heterocycles. The lowest BCUT2D eigenvalue weighted by molar-refractivity contribution is -0.140. The largest absolute Gasteiger partial charge is 0.469 e. The van der Waals surface area contributed by atoms with Gasteiger partial charge in [0.2, 0.25) is 5.91 Å². The maximum atomic E-state index is 10.9. The van der Waals surface area contributed by atoms with Gasteiger partial charge in [-0.05, 0) is 6.92 Å². The van der Waals surface area contributed by atoms with Gasteiger partial charge in [0.15, 0.2) is 0 Å². The monoisotopic (exact) mass is 188 g/mol. The van der Waals surface area contributed by atoms with Crippen LogP contribution in [0.1, 0.15) is 13.3 Å². The highest BCUT2D eigenvalue weighted by Crippen LogP contribution is 1.80. The molecule has 0 radical (unpaired) electrons. The van der Waals surface area contributed by atoms with Crippen LogP contribution in [0.2, 0.25) is 0 Å². The number of carbonyl (C=O) groups excluding carboxylic acids is 2. The number of carbonyl (C=O) groups is 2. The van der Waals surface area contributed by atoms with Crippen molar-refractivity contribution in [1.29, 1.82) is 0 Å². The van der Waals surface area contributed by atoms with E-state index < -0.39 is 0 Å². The molecule has 0 saturated heterocycles. The summed E-state index contributed by atoms with van der Waals surface area (Å²) in [6, 6.07) is 0. The Kier molecular flexibility index (Phi) is 6.91. The van der Waals surface area contributed by atoms with Gasteiger partial charge >= 0.3 is 5.97 Å². The third-order valence-corrected chi connectivity index (χ3v) is 1.39. The number of amides is 1. The summed E-state index contributed by atoms with van der Waals surface area (Å²) < 4.78 is 4.43. The van der Waals surface area contributed by atoms with E-state index in [1.165, 1.54) is 7.11 Å². The van der Waals surface area contributed by atoms with Crippen molar-refractivity contribution < 1.29 is 14.3 Å². The molecule has 0 saturated carbocycles. The number of ether oxygens (including phenoxy) is 1. The van der Waals surface area contributed by atoms with E-state index in [0.717, 1.165) is 0 Å². The molecule has 0 aromatic carbocycles. The number of nitrogens with one attached hydrogen (secondary N) is 2. The van der Waals surface area contributed by atoms with Crippen LogP contribution in [0.5, 0.6) is 0 Å². The first-order chi connectivity index (χ1) is 6.20. The minimum absolute atomic E-state index is 0.0626. The molecule has 76 valence electrons. The number of rotatable bonds is 6. The van der Waals surface area contributed by atoms with Gasteiger partial charge in [-0.2, -0.15) is 0 Å². The Morgan fingerprint density at radius 1 is 1.38 bits per heavy atom. The SMILES string of the molecule is CCNC(=O)CNCCC(=O)OC. The van der Waals surface area contributed by atoms with Crippen LogP contribution in [0.25, 0.3) is 0 Å². The number of methoxy groups -OCH3 is 1. The van der Waals surface area contributed by atoms with Gasteiger partial charge in [-0.3, -0.25) is 9.59 Å². The van der Waals surface area contributed by atoms with Crippen LogP contribution >= 0.6 is 0 Å². The quantitative estimate of drug-likeness (QED) is 0.426. The molecule has 5 heteroatoms. The van der Waals surface area contributed by atoms with Gasteiger partial charge in [0.25, 0.3) is 0 Å². The number of hydrogen-bond donors (Lipinski definition) is 2. The van der Waals surface area contributed by atoms with Crippen LogP contribution in [0.3, 0.4) is 0 Å². The zero-order valence-corrected chi connectivity index (χ0v) is 8.05. The average molecular weight is 188 g/mol. The molecular formula is C8H16N2O3. The Bertz CT molecular complexity index is 171. The Morgan fingerprint density at radius 3 is 2.62 bits per heavy atom. The minimum Gasteiger partial charge on any atom is -0.469 e. The standard InChI is InChI=1S/C8H16N2O3/c1-3-10-7(11)6-9-5-4-8(12)13-2/h9H,3-6H2,1-2H3,(H,10,11). The summed E-state index contributed by atoms with van der Waals surface area (Å²) in [5, 5.41) is 5.45. The van der Waals surface area contributed by atoms with E-state index in [9.17, 15) is 9.59 Å². The van der Waals surface area contributed by atoms with E-state index in [0.29, 0.717) is 13.1 Å². The van der Waals surface area contributed by atoms with Crippen LogP contribution in [-0.2, 0) is 14.3 Å². The van der Waals surface area contributed by atoms with Gasteiger partial charge in [-0.15, -0.1) is 0 Å². The molecule has 0 aromatic rings. The second-order valence-electron chi connectivity index (χ2n) is 2.46. The molecule has 0 fully saturated rings. The van der Waals surface area contributed by atoms with E-state index in [-0.39, 0.29) is 24.8 Å². The minimum atomic E-state index is -0.275. The number of esters is 1.